The summed E-state index contributed by atoms with van der Waals surface area (Å²) in [6, 6.07) is 9.83. The SMILES string of the molecule is CNCC(=O)N1CCN(c2nc(Sc3ccc(CC(C)=O)cc3)nc(Nc3cc(C)[nH]n3)c2C)CC1. The van der Waals surface area contributed by atoms with E-state index >= 15 is 0 Å². The number of anilines is 3. The van der Waals surface area contributed by atoms with Crippen LogP contribution in [0.3, 0.4) is 0 Å². The van der Waals surface area contributed by atoms with Crippen molar-refractivity contribution in [1.29, 1.82) is 0 Å². The molecule has 3 aromatic rings. The van der Waals surface area contributed by atoms with Gasteiger partial charge in [-0.05, 0) is 57.3 Å². The van der Waals surface area contributed by atoms with E-state index in [4.69, 9.17) is 9.97 Å². The molecule has 10 nitrogen and oxygen atoms in total. The zero-order valence-electron chi connectivity index (χ0n) is 21.1. The molecule has 3 N–H and O–H groups in total. The predicted molar refractivity (Wildman–Crippen MR) is 141 cm³/mol. The lowest BCUT2D eigenvalue weighted by molar-refractivity contribution is -0.130. The highest BCUT2D eigenvalue weighted by atomic mass is 32.2. The van der Waals surface area contributed by atoms with Gasteiger partial charge in [-0.25, -0.2) is 9.97 Å². The second-order valence-corrected chi connectivity index (χ2v) is 9.93. The van der Waals surface area contributed by atoms with Crippen LogP contribution in [0.15, 0.2) is 40.4 Å². The Morgan fingerprint density at radius 1 is 1.08 bits per heavy atom. The summed E-state index contributed by atoms with van der Waals surface area (Å²) in [4.78, 5) is 38.5. The van der Waals surface area contributed by atoms with Crippen LogP contribution in [0, 0.1) is 13.8 Å². The fourth-order valence-corrected chi connectivity index (χ4v) is 4.81. The number of aromatic amines is 1. The summed E-state index contributed by atoms with van der Waals surface area (Å²) in [7, 11) is 1.78. The number of carbonyl (C=O) groups excluding carboxylic acids is 2. The van der Waals surface area contributed by atoms with E-state index in [-0.39, 0.29) is 11.7 Å². The van der Waals surface area contributed by atoms with E-state index in [9.17, 15) is 9.59 Å². The third-order valence-corrected chi connectivity index (χ3v) is 6.77. The lowest BCUT2D eigenvalue weighted by Crippen LogP contribution is -2.51. The maximum absolute atomic E-state index is 12.3. The number of H-pyrrole nitrogens is 1. The molecular formula is C25H32N8O2S. The Balaban J connectivity index is 1.59. The standard InChI is InChI=1S/C25H32N8O2S/c1-16-13-21(31-30-16)27-23-18(3)24(33-11-9-32(10-12-33)22(35)15-26-4)29-25(28-23)36-20-7-5-19(6-8-20)14-17(2)34/h5-8,13,26H,9-12,14-15H2,1-4H3,(H2,27,28,29,30,31). The molecule has 1 fully saturated rings. The smallest absolute Gasteiger partial charge is 0.236 e. The van der Waals surface area contributed by atoms with Crippen molar-refractivity contribution in [2.45, 2.75) is 37.2 Å². The summed E-state index contributed by atoms with van der Waals surface area (Å²) in [5.74, 6) is 2.47. The number of piperazine rings is 1. The highest BCUT2D eigenvalue weighted by Crippen LogP contribution is 2.32. The van der Waals surface area contributed by atoms with E-state index in [0.29, 0.717) is 55.9 Å². The molecule has 1 aliphatic heterocycles. The molecule has 0 atom stereocenters. The molecule has 0 radical (unpaired) electrons. The van der Waals surface area contributed by atoms with E-state index in [1.165, 1.54) is 11.8 Å². The molecule has 3 heterocycles. The van der Waals surface area contributed by atoms with Crippen LogP contribution >= 0.6 is 11.8 Å². The van der Waals surface area contributed by atoms with E-state index in [1.54, 1.807) is 14.0 Å². The first-order valence-electron chi connectivity index (χ1n) is 11.9. The van der Waals surface area contributed by atoms with Crippen molar-refractivity contribution in [1.82, 2.24) is 30.4 Å². The summed E-state index contributed by atoms with van der Waals surface area (Å²) >= 11 is 1.47. The van der Waals surface area contributed by atoms with Gasteiger partial charge in [-0.2, -0.15) is 5.10 Å². The van der Waals surface area contributed by atoms with Gasteiger partial charge < -0.3 is 20.4 Å². The molecule has 4 rings (SSSR count). The van der Waals surface area contributed by atoms with Crippen LogP contribution < -0.4 is 15.5 Å². The van der Waals surface area contributed by atoms with Crippen LogP contribution in [0.5, 0.6) is 0 Å². The number of hydrogen-bond donors (Lipinski definition) is 3. The Bertz CT molecular complexity index is 1220. The number of Topliss-reactive ketones (excluding diaryl/α,β-unsaturated/α-hetero) is 1. The van der Waals surface area contributed by atoms with Crippen LogP contribution in [0.1, 0.15) is 23.7 Å². The van der Waals surface area contributed by atoms with Crippen LogP contribution in [0.25, 0.3) is 0 Å². The lowest BCUT2D eigenvalue weighted by atomic mass is 10.1. The van der Waals surface area contributed by atoms with Crippen LogP contribution in [0.2, 0.25) is 0 Å². The largest absolute Gasteiger partial charge is 0.353 e. The van der Waals surface area contributed by atoms with Gasteiger partial charge >= 0.3 is 0 Å². The molecule has 1 aromatic carbocycles. The monoisotopic (exact) mass is 508 g/mol. The Kier molecular flexibility index (Phi) is 8.21. The maximum atomic E-state index is 12.3. The van der Waals surface area contributed by atoms with Crippen LogP contribution in [-0.2, 0) is 16.0 Å². The summed E-state index contributed by atoms with van der Waals surface area (Å²) in [6.07, 6.45) is 0.427. The molecule has 11 heteroatoms. The molecule has 36 heavy (non-hydrogen) atoms. The van der Waals surface area contributed by atoms with Crippen molar-refractivity contribution in [3.8, 4) is 0 Å². The number of carbonyl (C=O) groups is 2. The normalized spacial score (nSPS) is 13.7. The number of nitrogens with one attached hydrogen (secondary N) is 3. The summed E-state index contributed by atoms with van der Waals surface area (Å²) in [6.45, 7) is 8.56. The second kappa shape index (κ2) is 11.5. The quantitative estimate of drug-likeness (QED) is 0.375. The lowest BCUT2D eigenvalue weighted by Gasteiger charge is -2.36. The number of likely N-dealkylation sites (N-methyl/N-ethyl adjacent to an activating group) is 1. The molecule has 1 amide bonds. The van der Waals surface area contributed by atoms with Crippen molar-refractivity contribution >= 4 is 40.9 Å². The van der Waals surface area contributed by atoms with Gasteiger partial charge in [0.1, 0.15) is 17.4 Å². The zero-order valence-corrected chi connectivity index (χ0v) is 21.9. The van der Waals surface area contributed by atoms with Gasteiger partial charge in [0.2, 0.25) is 5.91 Å². The Morgan fingerprint density at radius 2 is 1.81 bits per heavy atom. The molecule has 0 unspecified atom stereocenters. The fourth-order valence-electron chi connectivity index (χ4n) is 4.06. The molecule has 1 saturated heterocycles. The molecular weight excluding hydrogens is 476 g/mol. The van der Waals surface area contributed by atoms with Gasteiger partial charge in [-0.15, -0.1) is 0 Å². The number of hydrogen-bond acceptors (Lipinski definition) is 9. The van der Waals surface area contributed by atoms with Gasteiger partial charge in [0.25, 0.3) is 0 Å². The maximum Gasteiger partial charge on any atom is 0.236 e. The first-order chi connectivity index (χ1) is 17.3. The Labute approximate surface area is 215 Å². The van der Waals surface area contributed by atoms with Gasteiger partial charge in [-0.3, -0.25) is 14.7 Å². The summed E-state index contributed by atoms with van der Waals surface area (Å²) < 4.78 is 0. The van der Waals surface area contributed by atoms with Crippen LogP contribution in [0.4, 0.5) is 17.5 Å². The Hall–Kier alpha value is -3.44. The minimum absolute atomic E-state index is 0.109. The number of aromatic nitrogens is 4. The minimum atomic E-state index is 0.109. The average Bonchev–Trinajstić information content (AvgIpc) is 3.26. The average molecular weight is 509 g/mol. The second-order valence-electron chi connectivity index (χ2n) is 8.89. The van der Waals surface area contributed by atoms with E-state index in [2.05, 4.69) is 25.7 Å². The number of benzene rings is 1. The minimum Gasteiger partial charge on any atom is -0.353 e. The van der Waals surface area contributed by atoms with Crippen molar-refractivity contribution in [3.05, 3.63) is 47.2 Å². The van der Waals surface area contributed by atoms with Crippen molar-refractivity contribution in [2.24, 2.45) is 0 Å². The predicted octanol–water partition coefficient (Wildman–Crippen LogP) is 2.71. The molecule has 0 bridgehead atoms. The first kappa shape index (κ1) is 25.6. The van der Waals surface area contributed by atoms with E-state index < -0.39 is 0 Å². The number of aryl methyl sites for hydroxylation is 1. The van der Waals surface area contributed by atoms with Gasteiger partial charge in [-0.1, -0.05) is 12.1 Å². The topological polar surface area (TPSA) is 119 Å². The molecule has 2 aromatic heterocycles. The molecule has 0 saturated carbocycles. The third kappa shape index (κ3) is 6.41. The van der Waals surface area contributed by atoms with Crippen molar-refractivity contribution in [2.75, 3.05) is 50.0 Å². The third-order valence-electron chi connectivity index (χ3n) is 5.90. The first-order valence-corrected chi connectivity index (χ1v) is 12.7. The Morgan fingerprint density at radius 3 is 2.42 bits per heavy atom. The summed E-state index contributed by atoms with van der Waals surface area (Å²) in [5, 5.41) is 14.1. The molecule has 0 aliphatic carbocycles. The fraction of sp³-hybridized carbons (Fsp3) is 0.400. The van der Waals surface area contributed by atoms with E-state index in [1.807, 2.05) is 49.1 Å². The van der Waals surface area contributed by atoms with Crippen LogP contribution in [-0.4, -0.2) is 76.5 Å². The van der Waals surface area contributed by atoms with Gasteiger partial charge in [0, 0.05) is 54.8 Å². The zero-order chi connectivity index (χ0) is 25.7. The van der Waals surface area contributed by atoms with E-state index in [0.717, 1.165) is 27.5 Å². The molecule has 1 aliphatic rings. The number of nitrogens with zero attached hydrogens (tertiary/aromatic N) is 5. The number of amides is 1. The van der Waals surface area contributed by atoms with Crippen molar-refractivity contribution in [3.63, 3.8) is 0 Å². The molecule has 190 valence electrons. The van der Waals surface area contributed by atoms with Gasteiger partial charge in [0.05, 0.1) is 6.54 Å². The number of ketones is 1. The highest BCUT2D eigenvalue weighted by molar-refractivity contribution is 7.99. The number of rotatable bonds is 9. The summed E-state index contributed by atoms with van der Waals surface area (Å²) in [5.41, 5.74) is 2.86. The van der Waals surface area contributed by atoms with Crippen molar-refractivity contribution < 1.29 is 9.59 Å². The van der Waals surface area contributed by atoms with Gasteiger partial charge in [0.15, 0.2) is 11.0 Å². The highest BCUT2D eigenvalue weighted by Gasteiger charge is 2.24. The molecule has 0 spiro atoms.